The molecule has 2 N–H and O–H groups in total. The number of nitrogens with two attached hydrogens (primary N) is 1. The lowest BCUT2D eigenvalue weighted by Gasteiger charge is -2.22. The van der Waals surface area contributed by atoms with E-state index < -0.39 is 0 Å². The lowest BCUT2D eigenvalue weighted by Crippen LogP contribution is -2.18. The summed E-state index contributed by atoms with van der Waals surface area (Å²) in [6.07, 6.45) is 0. The number of aromatic nitrogens is 1. The molecule has 2 aromatic carbocycles. The summed E-state index contributed by atoms with van der Waals surface area (Å²) in [6, 6.07) is 16.4. The van der Waals surface area contributed by atoms with Crippen LogP contribution in [-0.2, 0) is 6.54 Å². The molecule has 0 spiro atoms. The molecule has 22 heavy (non-hydrogen) atoms. The van der Waals surface area contributed by atoms with E-state index in [9.17, 15) is 0 Å². The van der Waals surface area contributed by atoms with Crippen molar-refractivity contribution >= 4 is 38.2 Å². The van der Waals surface area contributed by atoms with Crippen molar-refractivity contribution in [2.75, 3.05) is 17.7 Å². The summed E-state index contributed by atoms with van der Waals surface area (Å²) < 4.78 is 0.970. The Labute approximate surface area is 138 Å². The second-order valence-corrected chi connectivity index (χ2v) is 6.24. The molecule has 3 aromatic rings. The Kier molecular flexibility index (Phi) is 4.03. The summed E-state index contributed by atoms with van der Waals surface area (Å²) in [6.45, 7) is 2.80. The van der Waals surface area contributed by atoms with Crippen LogP contribution >= 0.6 is 15.9 Å². The number of pyridine rings is 1. The smallest absolute Gasteiger partial charge is 0.136 e. The molecule has 0 aliphatic rings. The highest BCUT2D eigenvalue weighted by Crippen LogP contribution is 2.36. The minimum absolute atomic E-state index is 0.768. The molecule has 0 radical (unpaired) electrons. The number of benzene rings is 2. The van der Waals surface area contributed by atoms with Gasteiger partial charge in [0, 0.05) is 34.5 Å². The first kappa shape index (κ1) is 14.9. The molecule has 0 aliphatic heterocycles. The third-order valence-electron chi connectivity index (χ3n) is 3.77. The van der Waals surface area contributed by atoms with E-state index >= 15 is 0 Å². The van der Waals surface area contributed by atoms with Gasteiger partial charge in [-0.15, -0.1) is 0 Å². The van der Waals surface area contributed by atoms with Gasteiger partial charge in [0.25, 0.3) is 0 Å². The highest BCUT2D eigenvalue weighted by atomic mass is 79.9. The van der Waals surface area contributed by atoms with Crippen LogP contribution in [0.3, 0.4) is 0 Å². The van der Waals surface area contributed by atoms with Gasteiger partial charge in [0.1, 0.15) is 5.82 Å². The van der Waals surface area contributed by atoms with Crippen LogP contribution in [0.5, 0.6) is 0 Å². The van der Waals surface area contributed by atoms with Crippen molar-refractivity contribution in [3.8, 4) is 0 Å². The number of hydrogen-bond acceptors (Lipinski definition) is 3. The van der Waals surface area contributed by atoms with Crippen LogP contribution in [0.4, 0.5) is 11.5 Å². The van der Waals surface area contributed by atoms with Crippen molar-refractivity contribution < 1.29 is 0 Å². The summed E-state index contributed by atoms with van der Waals surface area (Å²) in [5.74, 6) is 0.951. The number of aryl methyl sites for hydroxylation is 1. The summed E-state index contributed by atoms with van der Waals surface area (Å²) in [5, 5.41) is 2.10. The van der Waals surface area contributed by atoms with Crippen LogP contribution in [-0.4, -0.2) is 12.0 Å². The Bertz CT molecular complexity index is 815. The lowest BCUT2D eigenvalue weighted by molar-refractivity contribution is 0.899. The van der Waals surface area contributed by atoms with Crippen LogP contribution < -0.4 is 10.6 Å². The first-order valence-corrected chi connectivity index (χ1v) is 7.96. The fourth-order valence-corrected chi connectivity index (χ4v) is 3.20. The maximum absolute atomic E-state index is 6.17. The number of anilines is 2. The van der Waals surface area contributed by atoms with Crippen molar-refractivity contribution in [3.05, 3.63) is 64.3 Å². The molecule has 1 heterocycles. The van der Waals surface area contributed by atoms with E-state index in [0.717, 1.165) is 39.0 Å². The largest absolute Gasteiger partial charge is 0.398 e. The van der Waals surface area contributed by atoms with Gasteiger partial charge in [0.2, 0.25) is 0 Å². The number of rotatable bonds is 3. The minimum Gasteiger partial charge on any atom is -0.398 e. The Balaban J connectivity index is 2.11. The monoisotopic (exact) mass is 355 g/mol. The van der Waals surface area contributed by atoms with Gasteiger partial charge in [0.15, 0.2) is 0 Å². The third-order valence-corrected chi connectivity index (χ3v) is 4.74. The van der Waals surface area contributed by atoms with Gasteiger partial charge >= 0.3 is 0 Å². The topological polar surface area (TPSA) is 42.2 Å². The van der Waals surface area contributed by atoms with Gasteiger partial charge in [-0.2, -0.15) is 0 Å². The molecular formula is C18H18BrN3. The predicted octanol–water partition coefficient (Wildman–Crippen LogP) is 4.52. The van der Waals surface area contributed by atoms with Crippen LogP contribution in [0.1, 0.15) is 11.3 Å². The predicted molar refractivity (Wildman–Crippen MR) is 97.1 cm³/mol. The third kappa shape index (κ3) is 2.66. The number of halogens is 1. The van der Waals surface area contributed by atoms with Gasteiger partial charge in [-0.3, -0.25) is 0 Å². The maximum atomic E-state index is 6.17. The van der Waals surface area contributed by atoms with E-state index in [1.54, 1.807) is 0 Å². The summed E-state index contributed by atoms with van der Waals surface area (Å²) >= 11 is 3.62. The van der Waals surface area contributed by atoms with E-state index in [4.69, 9.17) is 10.7 Å². The number of hydrogen-bond donors (Lipinski definition) is 1. The Morgan fingerprint density at radius 2 is 1.82 bits per heavy atom. The van der Waals surface area contributed by atoms with Gasteiger partial charge in [0.05, 0.1) is 5.69 Å². The number of nitrogens with zero attached hydrogens (tertiary/aromatic N) is 2. The van der Waals surface area contributed by atoms with E-state index in [2.05, 4.69) is 58.2 Å². The van der Waals surface area contributed by atoms with Gasteiger partial charge in [-0.05, 0) is 34.5 Å². The fraction of sp³-hybridized carbons (Fsp3) is 0.167. The van der Waals surface area contributed by atoms with E-state index in [0.29, 0.717) is 0 Å². The molecule has 0 unspecified atom stereocenters. The molecule has 0 atom stereocenters. The molecule has 0 bridgehead atoms. The first-order chi connectivity index (χ1) is 10.6. The van der Waals surface area contributed by atoms with Gasteiger partial charge in [-0.25, -0.2) is 4.98 Å². The van der Waals surface area contributed by atoms with Crippen LogP contribution in [0.15, 0.2) is 53.0 Å². The van der Waals surface area contributed by atoms with E-state index in [1.807, 2.05) is 25.1 Å². The molecule has 112 valence electrons. The molecule has 4 heteroatoms. The van der Waals surface area contributed by atoms with E-state index in [-0.39, 0.29) is 0 Å². The van der Waals surface area contributed by atoms with Crippen molar-refractivity contribution in [2.45, 2.75) is 13.5 Å². The zero-order valence-electron chi connectivity index (χ0n) is 12.7. The maximum Gasteiger partial charge on any atom is 0.136 e. The highest BCUT2D eigenvalue weighted by Gasteiger charge is 2.14. The van der Waals surface area contributed by atoms with Crippen LogP contribution in [0.25, 0.3) is 10.8 Å². The molecule has 0 amide bonds. The first-order valence-electron chi connectivity index (χ1n) is 7.17. The highest BCUT2D eigenvalue weighted by molar-refractivity contribution is 9.10. The number of fused-ring (bicyclic) bond motifs is 1. The molecule has 0 saturated heterocycles. The van der Waals surface area contributed by atoms with Gasteiger partial charge in [-0.1, -0.05) is 42.5 Å². The SMILES string of the molecule is Cc1nc(N(C)Cc2ccccc2)c2cccc(N)c2c1Br. The molecule has 0 saturated carbocycles. The van der Waals surface area contributed by atoms with Crippen molar-refractivity contribution in [2.24, 2.45) is 0 Å². The standard InChI is InChI=1S/C18H18BrN3/c1-12-17(19)16-14(9-6-10-15(16)20)18(21-12)22(2)11-13-7-4-3-5-8-13/h3-10H,11,20H2,1-2H3. The Hall–Kier alpha value is -2.07. The zero-order chi connectivity index (χ0) is 15.7. The second kappa shape index (κ2) is 5.97. The quantitative estimate of drug-likeness (QED) is 0.702. The molecule has 1 aromatic heterocycles. The minimum atomic E-state index is 0.768. The molecule has 3 rings (SSSR count). The van der Waals surface area contributed by atoms with Crippen molar-refractivity contribution in [1.82, 2.24) is 4.98 Å². The summed E-state index contributed by atoms with van der Waals surface area (Å²) in [4.78, 5) is 6.92. The lowest BCUT2D eigenvalue weighted by atomic mass is 10.1. The normalized spacial score (nSPS) is 10.9. The Morgan fingerprint density at radius 3 is 2.55 bits per heavy atom. The molecule has 3 nitrogen and oxygen atoms in total. The van der Waals surface area contributed by atoms with Crippen molar-refractivity contribution in [3.63, 3.8) is 0 Å². The average molecular weight is 356 g/mol. The van der Waals surface area contributed by atoms with Crippen molar-refractivity contribution in [1.29, 1.82) is 0 Å². The molecule has 0 aliphatic carbocycles. The van der Waals surface area contributed by atoms with Crippen LogP contribution in [0, 0.1) is 6.92 Å². The average Bonchev–Trinajstić information content (AvgIpc) is 2.51. The molecular weight excluding hydrogens is 338 g/mol. The second-order valence-electron chi connectivity index (χ2n) is 5.45. The Morgan fingerprint density at radius 1 is 1.09 bits per heavy atom. The summed E-state index contributed by atoms with van der Waals surface area (Å²) in [7, 11) is 2.06. The fourth-order valence-electron chi connectivity index (χ4n) is 2.67. The van der Waals surface area contributed by atoms with E-state index in [1.165, 1.54) is 5.56 Å². The number of nitrogen functional groups attached to an aromatic ring is 1. The van der Waals surface area contributed by atoms with Crippen LogP contribution in [0.2, 0.25) is 0 Å². The zero-order valence-corrected chi connectivity index (χ0v) is 14.3. The summed E-state index contributed by atoms with van der Waals surface area (Å²) in [5.41, 5.74) is 9.14. The molecule has 0 fully saturated rings. The van der Waals surface area contributed by atoms with Gasteiger partial charge < -0.3 is 10.6 Å².